The zero-order chi connectivity index (χ0) is 15.2. The first-order valence-electron chi connectivity index (χ1n) is 7.85. The van der Waals surface area contributed by atoms with Gasteiger partial charge in [0, 0.05) is 23.8 Å². The first kappa shape index (κ1) is 15.9. The van der Waals surface area contributed by atoms with E-state index in [0.717, 1.165) is 42.7 Å². The summed E-state index contributed by atoms with van der Waals surface area (Å²) in [6, 6.07) is 0. The van der Waals surface area contributed by atoms with E-state index in [-0.39, 0.29) is 12.1 Å². The van der Waals surface area contributed by atoms with Gasteiger partial charge in [0.2, 0.25) is 5.71 Å². The maximum atomic E-state index is 11.9. The van der Waals surface area contributed by atoms with E-state index in [4.69, 9.17) is 4.84 Å². The molecule has 2 aliphatic rings. The fraction of sp³-hybridized carbons (Fsp3) is 0.750. The molecule has 3 atom stereocenters. The SMILES string of the molecule is COC(=O)/C=C/CCC[C@@H]1O[N+]([O-])=C(C)[C@H]2CCCC[C@H]12. The molecule has 0 bridgehead atoms. The van der Waals surface area contributed by atoms with Gasteiger partial charge in [-0.3, -0.25) is 5.21 Å². The standard InChI is InChI=1S/C16H25NO4/c1-12-13-8-6-7-9-14(13)15(21-17(12)19)10-4-3-5-11-16(18)20-2/h5,11,13-15H,3-4,6-10H2,1-2H3/b11-5+/t13-,14+,15+/m1/s1. The number of rotatable bonds is 5. The van der Waals surface area contributed by atoms with E-state index in [1.54, 1.807) is 0 Å². The Kier molecular flexibility index (Phi) is 5.65. The highest BCUT2D eigenvalue weighted by molar-refractivity contribution is 5.81. The van der Waals surface area contributed by atoms with Crippen LogP contribution in [0.1, 0.15) is 51.9 Å². The summed E-state index contributed by atoms with van der Waals surface area (Å²) in [6.45, 7) is 1.89. The number of fused-ring (bicyclic) bond motifs is 1. The van der Waals surface area contributed by atoms with Crippen LogP contribution in [0.4, 0.5) is 0 Å². The van der Waals surface area contributed by atoms with Gasteiger partial charge in [0.25, 0.3) is 0 Å². The molecule has 5 heteroatoms. The summed E-state index contributed by atoms with van der Waals surface area (Å²) in [5.74, 6) is 0.543. The third kappa shape index (κ3) is 3.99. The van der Waals surface area contributed by atoms with Gasteiger partial charge in [-0.2, -0.15) is 0 Å². The molecule has 0 aromatic carbocycles. The minimum atomic E-state index is -0.327. The molecule has 1 aliphatic heterocycles. The quantitative estimate of drug-likeness (QED) is 0.338. The average Bonchev–Trinajstić information content (AvgIpc) is 2.51. The van der Waals surface area contributed by atoms with E-state index in [2.05, 4.69) is 4.74 Å². The zero-order valence-electron chi connectivity index (χ0n) is 12.9. The van der Waals surface area contributed by atoms with Crippen LogP contribution in [0.5, 0.6) is 0 Å². The van der Waals surface area contributed by atoms with Crippen LogP contribution in [0.2, 0.25) is 0 Å². The van der Waals surface area contributed by atoms with E-state index in [0.29, 0.717) is 11.8 Å². The molecule has 0 spiro atoms. The lowest BCUT2D eigenvalue weighted by atomic mass is 9.72. The number of nitrogens with zero attached hydrogens (tertiary/aromatic N) is 1. The molecule has 1 saturated carbocycles. The van der Waals surface area contributed by atoms with Crippen molar-refractivity contribution < 1.29 is 19.3 Å². The minimum absolute atomic E-state index is 0.0167. The van der Waals surface area contributed by atoms with Gasteiger partial charge in [0.15, 0.2) is 0 Å². The summed E-state index contributed by atoms with van der Waals surface area (Å²) in [5, 5.41) is 11.9. The van der Waals surface area contributed by atoms with E-state index in [9.17, 15) is 10.0 Å². The highest BCUT2D eigenvalue weighted by Gasteiger charge is 2.40. The predicted octanol–water partition coefficient (Wildman–Crippen LogP) is 2.98. The Labute approximate surface area is 126 Å². The van der Waals surface area contributed by atoms with Crippen LogP contribution in [0, 0.1) is 17.0 Å². The van der Waals surface area contributed by atoms with Crippen LogP contribution in [0.15, 0.2) is 12.2 Å². The van der Waals surface area contributed by atoms with Crippen LogP contribution in [0.25, 0.3) is 0 Å². The molecule has 0 saturated heterocycles. The molecule has 2 rings (SSSR count). The summed E-state index contributed by atoms with van der Waals surface area (Å²) >= 11 is 0. The van der Waals surface area contributed by atoms with Crippen LogP contribution >= 0.6 is 0 Å². The Morgan fingerprint density at radius 2 is 2.24 bits per heavy atom. The summed E-state index contributed by atoms with van der Waals surface area (Å²) in [6.07, 6.45) is 10.6. The number of hydrogen-bond acceptors (Lipinski definition) is 4. The molecule has 0 aromatic heterocycles. The number of esters is 1. The highest BCUT2D eigenvalue weighted by atomic mass is 16.9. The van der Waals surface area contributed by atoms with Crippen molar-refractivity contribution in [2.45, 2.75) is 58.0 Å². The van der Waals surface area contributed by atoms with Gasteiger partial charge in [-0.25, -0.2) is 4.79 Å². The van der Waals surface area contributed by atoms with Crippen LogP contribution < -0.4 is 0 Å². The maximum Gasteiger partial charge on any atom is 0.330 e. The van der Waals surface area contributed by atoms with Crippen LogP contribution in [-0.2, 0) is 14.4 Å². The molecule has 0 N–H and O–H groups in total. The summed E-state index contributed by atoms with van der Waals surface area (Å²) in [4.78, 5) is 17.2. The lowest BCUT2D eigenvalue weighted by Crippen LogP contribution is -2.45. The smallest absolute Gasteiger partial charge is 0.330 e. The second-order valence-corrected chi connectivity index (χ2v) is 5.95. The van der Waals surface area contributed by atoms with Crippen LogP contribution in [-0.4, -0.2) is 29.8 Å². The van der Waals surface area contributed by atoms with Crippen molar-refractivity contribution in [3.05, 3.63) is 17.4 Å². The molecule has 0 unspecified atom stereocenters. The van der Waals surface area contributed by atoms with Crippen molar-refractivity contribution in [3.63, 3.8) is 0 Å². The molecule has 0 amide bonds. The maximum absolute atomic E-state index is 11.9. The van der Waals surface area contributed by atoms with E-state index in [1.807, 2.05) is 13.0 Å². The van der Waals surface area contributed by atoms with E-state index < -0.39 is 0 Å². The normalized spacial score (nSPS) is 29.1. The number of unbranched alkanes of at least 4 members (excludes halogenated alkanes) is 1. The number of allylic oxidation sites excluding steroid dienone is 1. The van der Waals surface area contributed by atoms with Gasteiger partial charge in [-0.05, 0) is 38.0 Å². The molecule has 5 nitrogen and oxygen atoms in total. The largest absolute Gasteiger partial charge is 0.466 e. The average molecular weight is 295 g/mol. The number of carbonyl (C=O) groups excluding carboxylic acids is 1. The van der Waals surface area contributed by atoms with Crippen LogP contribution in [0.3, 0.4) is 0 Å². The Balaban J connectivity index is 1.85. The van der Waals surface area contributed by atoms with E-state index in [1.165, 1.54) is 26.0 Å². The molecule has 0 aromatic rings. The van der Waals surface area contributed by atoms with Crippen molar-refractivity contribution in [3.8, 4) is 0 Å². The Bertz CT molecular complexity index is 430. The number of hydrogen-bond donors (Lipinski definition) is 0. The summed E-state index contributed by atoms with van der Waals surface area (Å²) < 4.78 is 4.54. The number of carbonyl (C=O) groups is 1. The Morgan fingerprint density at radius 1 is 1.48 bits per heavy atom. The molecule has 1 aliphatic carbocycles. The zero-order valence-corrected chi connectivity index (χ0v) is 12.9. The monoisotopic (exact) mass is 295 g/mol. The van der Waals surface area contributed by atoms with Gasteiger partial charge in [0.1, 0.15) is 0 Å². The highest BCUT2D eigenvalue weighted by Crippen LogP contribution is 2.38. The summed E-state index contributed by atoms with van der Waals surface area (Å²) in [7, 11) is 1.37. The Hall–Kier alpha value is -1.52. The molecule has 0 radical (unpaired) electrons. The molecule has 1 fully saturated rings. The molecular weight excluding hydrogens is 270 g/mol. The fourth-order valence-corrected chi connectivity index (χ4v) is 3.49. The number of ether oxygens (including phenoxy) is 1. The van der Waals surface area contributed by atoms with Gasteiger partial charge < -0.3 is 9.57 Å². The lowest BCUT2D eigenvalue weighted by Gasteiger charge is -2.40. The van der Waals surface area contributed by atoms with Crippen molar-refractivity contribution in [2.24, 2.45) is 11.8 Å². The van der Waals surface area contributed by atoms with Gasteiger partial charge in [-0.1, -0.05) is 18.9 Å². The topological polar surface area (TPSA) is 61.6 Å². The first-order valence-corrected chi connectivity index (χ1v) is 7.85. The van der Waals surface area contributed by atoms with Gasteiger partial charge in [-0.15, -0.1) is 0 Å². The fourth-order valence-electron chi connectivity index (χ4n) is 3.49. The van der Waals surface area contributed by atoms with Gasteiger partial charge in [0.05, 0.1) is 13.2 Å². The second-order valence-electron chi connectivity index (χ2n) is 5.95. The third-order valence-electron chi connectivity index (χ3n) is 4.67. The first-order chi connectivity index (χ1) is 10.1. The van der Waals surface area contributed by atoms with E-state index >= 15 is 0 Å². The number of methoxy groups -OCH3 is 1. The Morgan fingerprint density at radius 3 is 3.00 bits per heavy atom. The lowest BCUT2D eigenvalue weighted by molar-refractivity contribution is -0.763. The van der Waals surface area contributed by atoms with Crippen molar-refractivity contribution in [1.29, 1.82) is 0 Å². The van der Waals surface area contributed by atoms with Gasteiger partial charge >= 0.3 is 5.97 Å². The molecule has 1 heterocycles. The minimum Gasteiger partial charge on any atom is -0.466 e. The van der Waals surface area contributed by atoms with Crippen molar-refractivity contribution in [1.82, 2.24) is 0 Å². The molecule has 118 valence electrons. The van der Waals surface area contributed by atoms with Crippen molar-refractivity contribution >= 4 is 11.7 Å². The van der Waals surface area contributed by atoms with Crippen molar-refractivity contribution in [2.75, 3.05) is 7.11 Å². The molecular formula is C16H25NO4. The third-order valence-corrected chi connectivity index (χ3v) is 4.67. The second kappa shape index (κ2) is 7.48. The molecule has 21 heavy (non-hydrogen) atoms. The predicted molar refractivity (Wildman–Crippen MR) is 79.6 cm³/mol. The summed E-state index contributed by atoms with van der Waals surface area (Å²) in [5.41, 5.74) is 0.835.